The van der Waals surface area contributed by atoms with E-state index in [2.05, 4.69) is 12.1 Å². The van der Waals surface area contributed by atoms with Crippen LogP contribution in [0, 0.1) is 0 Å². The van der Waals surface area contributed by atoms with E-state index >= 15 is 0 Å². The Morgan fingerprint density at radius 1 is 1.38 bits per heavy atom. The van der Waals surface area contributed by atoms with Crippen molar-refractivity contribution in [2.45, 2.75) is 13.3 Å². The number of amides is 1. The van der Waals surface area contributed by atoms with Crippen LogP contribution in [0.1, 0.15) is 27.0 Å². The van der Waals surface area contributed by atoms with Gasteiger partial charge in [0.15, 0.2) is 5.84 Å². The zero-order valence-electron chi connectivity index (χ0n) is 11.9. The minimum atomic E-state index is -0.0728. The van der Waals surface area contributed by atoms with Gasteiger partial charge in [-0.1, -0.05) is 24.2 Å². The smallest absolute Gasteiger partial charge is 0.268 e. The van der Waals surface area contributed by atoms with Crippen LogP contribution in [-0.2, 0) is 6.42 Å². The zero-order chi connectivity index (χ0) is 15.4. The van der Waals surface area contributed by atoms with Gasteiger partial charge in [0.2, 0.25) is 0 Å². The highest BCUT2D eigenvalue weighted by Gasteiger charge is 2.16. The third-order valence-electron chi connectivity index (χ3n) is 3.16. The van der Waals surface area contributed by atoms with Gasteiger partial charge in [0.05, 0.1) is 4.88 Å². The van der Waals surface area contributed by atoms with E-state index < -0.39 is 0 Å². The molecule has 1 aromatic carbocycles. The predicted octanol–water partition coefficient (Wildman–Crippen LogP) is 2.68. The van der Waals surface area contributed by atoms with Crippen LogP contribution in [0.2, 0.25) is 0 Å². The molecule has 0 bridgehead atoms. The van der Waals surface area contributed by atoms with Gasteiger partial charge in [-0.15, -0.1) is 11.3 Å². The Hall–Kier alpha value is -2.34. The zero-order valence-corrected chi connectivity index (χ0v) is 12.7. The second kappa shape index (κ2) is 6.41. The molecule has 0 aliphatic rings. The van der Waals surface area contributed by atoms with Crippen molar-refractivity contribution in [1.82, 2.24) is 0 Å². The summed E-state index contributed by atoms with van der Waals surface area (Å²) in [6.45, 7) is 2.06. The van der Waals surface area contributed by atoms with Gasteiger partial charge in [-0.05, 0) is 30.7 Å². The maximum Gasteiger partial charge on any atom is 0.268 e. The van der Waals surface area contributed by atoms with Gasteiger partial charge in [-0.25, -0.2) is 0 Å². The SMILES string of the molecule is CCc1ccc(C(=O)N(C)c2cccc(C(N)=NO)c2)s1. The number of thiophene rings is 1. The first kappa shape index (κ1) is 15.1. The molecule has 6 heteroatoms. The van der Waals surface area contributed by atoms with E-state index in [0.717, 1.165) is 6.42 Å². The number of carbonyl (C=O) groups excluding carboxylic acids is 1. The van der Waals surface area contributed by atoms with Gasteiger partial charge in [0, 0.05) is 23.2 Å². The first-order valence-corrected chi connectivity index (χ1v) is 7.33. The van der Waals surface area contributed by atoms with Crippen LogP contribution in [-0.4, -0.2) is 24.0 Å². The van der Waals surface area contributed by atoms with Crippen molar-refractivity contribution in [3.05, 3.63) is 51.7 Å². The Balaban J connectivity index is 2.27. The van der Waals surface area contributed by atoms with Crippen molar-refractivity contribution in [1.29, 1.82) is 0 Å². The van der Waals surface area contributed by atoms with Crippen molar-refractivity contribution < 1.29 is 10.0 Å². The average molecular weight is 303 g/mol. The molecule has 2 rings (SSSR count). The van der Waals surface area contributed by atoms with E-state index in [9.17, 15) is 4.79 Å². The number of carbonyl (C=O) groups is 1. The second-order valence-electron chi connectivity index (χ2n) is 4.52. The first-order chi connectivity index (χ1) is 10.1. The second-order valence-corrected chi connectivity index (χ2v) is 5.69. The van der Waals surface area contributed by atoms with Gasteiger partial charge in [-0.3, -0.25) is 4.79 Å². The number of nitrogens with two attached hydrogens (primary N) is 1. The molecule has 0 aliphatic carbocycles. The van der Waals surface area contributed by atoms with Crippen LogP contribution >= 0.6 is 11.3 Å². The quantitative estimate of drug-likeness (QED) is 0.394. The van der Waals surface area contributed by atoms with Crippen LogP contribution in [0.4, 0.5) is 5.69 Å². The number of amidine groups is 1. The number of hydrogen-bond donors (Lipinski definition) is 2. The minimum Gasteiger partial charge on any atom is -0.409 e. The van der Waals surface area contributed by atoms with Crippen molar-refractivity contribution >= 4 is 28.8 Å². The minimum absolute atomic E-state index is 0.0158. The Morgan fingerprint density at radius 3 is 2.76 bits per heavy atom. The van der Waals surface area contributed by atoms with E-state index in [1.807, 2.05) is 12.1 Å². The van der Waals surface area contributed by atoms with E-state index in [1.54, 1.807) is 36.2 Å². The van der Waals surface area contributed by atoms with Crippen molar-refractivity contribution in [2.24, 2.45) is 10.9 Å². The standard InChI is InChI=1S/C15H17N3O2S/c1-3-12-7-8-13(21-12)15(19)18(2)11-6-4-5-10(9-11)14(16)17-20/h4-9,20H,3H2,1-2H3,(H2,16,17). The van der Waals surface area contributed by atoms with Crippen LogP contribution in [0.3, 0.4) is 0 Å². The maximum absolute atomic E-state index is 12.5. The lowest BCUT2D eigenvalue weighted by molar-refractivity contribution is 0.0997. The largest absolute Gasteiger partial charge is 0.409 e. The van der Waals surface area contributed by atoms with Gasteiger partial charge in [0.1, 0.15) is 0 Å². The fourth-order valence-electron chi connectivity index (χ4n) is 1.90. The fourth-order valence-corrected chi connectivity index (χ4v) is 2.82. The molecule has 0 atom stereocenters. The molecule has 0 saturated heterocycles. The molecule has 0 radical (unpaired) electrons. The first-order valence-electron chi connectivity index (χ1n) is 6.51. The number of hydrogen-bond acceptors (Lipinski definition) is 4. The van der Waals surface area contributed by atoms with E-state index in [0.29, 0.717) is 16.1 Å². The van der Waals surface area contributed by atoms with E-state index in [-0.39, 0.29) is 11.7 Å². The highest BCUT2D eigenvalue weighted by molar-refractivity contribution is 7.14. The number of aryl methyl sites for hydroxylation is 1. The Labute approximate surface area is 127 Å². The summed E-state index contributed by atoms with van der Waals surface area (Å²) in [5, 5.41) is 11.7. The van der Waals surface area contributed by atoms with Crippen LogP contribution in [0.25, 0.3) is 0 Å². The van der Waals surface area contributed by atoms with Crippen LogP contribution < -0.4 is 10.6 Å². The number of rotatable bonds is 4. The maximum atomic E-state index is 12.5. The van der Waals surface area contributed by atoms with Crippen molar-refractivity contribution in [3.8, 4) is 0 Å². The van der Waals surface area contributed by atoms with E-state index in [4.69, 9.17) is 10.9 Å². The summed E-state index contributed by atoms with van der Waals surface area (Å²) in [6, 6.07) is 10.8. The normalized spacial score (nSPS) is 11.4. The van der Waals surface area contributed by atoms with Gasteiger partial charge in [0.25, 0.3) is 5.91 Å². The molecular weight excluding hydrogens is 286 g/mol. The molecule has 0 saturated carbocycles. The summed E-state index contributed by atoms with van der Waals surface area (Å²) in [4.78, 5) is 15.9. The lowest BCUT2D eigenvalue weighted by atomic mass is 10.1. The van der Waals surface area contributed by atoms with Crippen molar-refractivity contribution in [2.75, 3.05) is 11.9 Å². The predicted molar refractivity (Wildman–Crippen MR) is 85.4 cm³/mol. The molecule has 3 N–H and O–H groups in total. The summed E-state index contributed by atoms with van der Waals surface area (Å²) in [5.41, 5.74) is 6.83. The molecule has 1 amide bonds. The van der Waals surface area contributed by atoms with Crippen LogP contribution in [0.15, 0.2) is 41.6 Å². The number of benzene rings is 1. The molecule has 21 heavy (non-hydrogen) atoms. The molecule has 110 valence electrons. The number of anilines is 1. The number of nitrogens with zero attached hydrogens (tertiary/aromatic N) is 2. The molecule has 0 fully saturated rings. The molecule has 1 aromatic heterocycles. The molecule has 0 aliphatic heterocycles. The Bertz CT molecular complexity index is 679. The summed E-state index contributed by atoms with van der Waals surface area (Å²) >= 11 is 1.50. The fraction of sp³-hybridized carbons (Fsp3) is 0.200. The molecular formula is C15H17N3O2S. The monoisotopic (exact) mass is 303 g/mol. The highest BCUT2D eigenvalue weighted by atomic mass is 32.1. The summed E-state index contributed by atoms with van der Waals surface area (Å²) < 4.78 is 0. The molecule has 0 unspecified atom stereocenters. The molecule has 5 nitrogen and oxygen atoms in total. The Morgan fingerprint density at radius 2 is 2.14 bits per heavy atom. The summed E-state index contributed by atoms with van der Waals surface area (Å²) in [6.07, 6.45) is 0.917. The summed E-state index contributed by atoms with van der Waals surface area (Å²) in [5.74, 6) is -0.0570. The molecule has 2 aromatic rings. The van der Waals surface area contributed by atoms with Gasteiger partial charge >= 0.3 is 0 Å². The summed E-state index contributed by atoms with van der Waals surface area (Å²) in [7, 11) is 1.71. The number of oxime groups is 1. The average Bonchev–Trinajstić information content (AvgIpc) is 3.01. The van der Waals surface area contributed by atoms with Gasteiger partial charge in [-0.2, -0.15) is 0 Å². The van der Waals surface area contributed by atoms with Gasteiger partial charge < -0.3 is 15.8 Å². The molecule has 1 heterocycles. The van der Waals surface area contributed by atoms with Crippen molar-refractivity contribution in [3.63, 3.8) is 0 Å². The third-order valence-corrected chi connectivity index (χ3v) is 4.38. The third kappa shape index (κ3) is 3.22. The van der Waals surface area contributed by atoms with E-state index in [1.165, 1.54) is 16.2 Å². The molecule has 0 spiro atoms. The lowest BCUT2D eigenvalue weighted by Crippen LogP contribution is -2.25. The Kier molecular flexibility index (Phi) is 4.59. The highest BCUT2D eigenvalue weighted by Crippen LogP contribution is 2.22. The topological polar surface area (TPSA) is 78.9 Å². The lowest BCUT2D eigenvalue weighted by Gasteiger charge is -2.17. The van der Waals surface area contributed by atoms with Crippen LogP contribution in [0.5, 0.6) is 0 Å².